The minimum atomic E-state index is -3.65. The first-order valence-corrected chi connectivity index (χ1v) is 9.81. The molecule has 0 aliphatic carbocycles. The van der Waals surface area contributed by atoms with Crippen molar-refractivity contribution in [1.29, 1.82) is 0 Å². The van der Waals surface area contributed by atoms with Crippen molar-refractivity contribution >= 4 is 16.0 Å². The molecule has 146 valence electrons. The fourth-order valence-electron chi connectivity index (χ4n) is 2.34. The highest BCUT2D eigenvalue weighted by molar-refractivity contribution is 7.89. The van der Waals surface area contributed by atoms with E-state index in [4.69, 9.17) is 9.26 Å². The van der Waals surface area contributed by atoms with Gasteiger partial charge in [-0.3, -0.25) is 0 Å². The molecule has 0 aliphatic rings. The summed E-state index contributed by atoms with van der Waals surface area (Å²) in [5.41, 5.74) is 2.01. The fraction of sp³-hybridized carbons (Fsp3) is 0.211. The van der Waals surface area contributed by atoms with Crippen molar-refractivity contribution in [2.24, 2.45) is 0 Å². The Bertz CT molecular complexity index is 1090. The van der Waals surface area contributed by atoms with Crippen molar-refractivity contribution in [3.8, 4) is 11.4 Å². The van der Waals surface area contributed by atoms with Crippen molar-refractivity contribution in [2.45, 2.75) is 18.4 Å². The highest BCUT2D eigenvalue weighted by Gasteiger charge is 2.19. The van der Waals surface area contributed by atoms with Gasteiger partial charge in [0.15, 0.2) is 6.61 Å². The van der Waals surface area contributed by atoms with Gasteiger partial charge in [0.1, 0.15) is 0 Å². The molecule has 9 heteroatoms. The number of carbonyl (C=O) groups excluding carboxylic acids is 1. The van der Waals surface area contributed by atoms with Crippen LogP contribution in [0.5, 0.6) is 0 Å². The monoisotopic (exact) mass is 401 g/mol. The minimum absolute atomic E-state index is 0.00592. The van der Waals surface area contributed by atoms with E-state index in [-0.39, 0.29) is 23.0 Å². The predicted molar refractivity (Wildman–Crippen MR) is 101 cm³/mol. The molecule has 1 heterocycles. The lowest BCUT2D eigenvalue weighted by Gasteiger charge is -2.11. The second-order valence-corrected chi connectivity index (χ2v) is 8.42. The standard InChI is InChI=1S/C19H19N3O5S/c1-13-7-9-14(10-8-13)18-20-17(27-21-18)12-26-19(23)15-5-4-6-16(11-15)28(24,25)22(2)3/h4-11H,12H2,1-3H3. The smallest absolute Gasteiger partial charge is 0.338 e. The van der Waals surface area contributed by atoms with Crippen LogP contribution in [-0.2, 0) is 21.4 Å². The molecule has 1 aromatic heterocycles. The number of nitrogens with zero attached hydrogens (tertiary/aromatic N) is 3. The van der Waals surface area contributed by atoms with Gasteiger partial charge in [-0.2, -0.15) is 4.98 Å². The van der Waals surface area contributed by atoms with Crippen LogP contribution in [0.4, 0.5) is 0 Å². The van der Waals surface area contributed by atoms with Gasteiger partial charge in [-0.25, -0.2) is 17.5 Å². The van der Waals surface area contributed by atoms with Gasteiger partial charge in [-0.15, -0.1) is 0 Å². The van der Waals surface area contributed by atoms with E-state index in [1.807, 2.05) is 31.2 Å². The molecular weight excluding hydrogens is 382 g/mol. The summed E-state index contributed by atoms with van der Waals surface area (Å²) in [5.74, 6) is -0.156. The lowest BCUT2D eigenvalue weighted by Crippen LogP contribution is -2.22. The number of aryl methyl sites for hydroxylation is 1. The maximum atomic E-state index is 12.3. The molecule has 3 rings (SSSR count). The van der Waals surface area contributed by atoms with Crippen LogP contribution < -0.4 is 0 Å². The number of hydrogen-bond acceptors (Lipinski definition) is 7. The number of rotatable bonds is 6. The van der Waals surface area contributed by atoms with Crippen molar-refractivity contribution in [3.63, 3.8) is 0 Å². The zero-order chi connectivity index (χ0) is 20.3. The van der Waals surface area contributed by atoms with Gasteiger partial charge >= 0.3 is 5.97 Å². The first kappa shape index (κ1) is 19.7. The summed E-state index contributed by atoms with van der Waals surface area (Å²) in [4.78, 5) is 16.5. The third-order valence-electron chi connectivity index (χ3n) is 3.95. The Morgan fingerprint density at radius 3 is 2.54 bits per heavy atom. The highest BCUT2D eigenvalue weighted by atomic mass is 32.2. The Morgan fingerprint density at radius 2 is 1.86 bits per heavy atom. The SMILES string of the molecule is Cc1ccc(-c2noc(COC(=O)c3cccc(S(=O)(=O)N(C)C)c3)n2)cc1. The van der Waals surface area contributed by atoms with Gasteiger partial charge < -0.3 is 9.26 Å². The van der Waals surface area contributed by atoms with Gasteiger partial charge in [-0.1, -0.05) is 41.1 Å². The Balaban J connectivity index is 1.69. The van der Waals surface area contributed by atoms with Crippen LogP contribution in [0, 0.1) is 6.92 Å². The van der Waals surface area contributed by atoms with Crippen LogP contribution in [0.25, 0.3) is 11.4 Å². The molecule has 2 aromatic carbocycles. The first-order chi connectivity index (χ1) is 13.3. The molecule has 0 fully saturated rings. The van der Waals surface area contributed by atoms with Crippen molar-refractivity contribution in [3.05, 3.63) is 65.5 Å². The molecule has 0 unspecified atom stereocenters. The minimum Gasteiger partial charge on any atom is -0.452 e. The van der Waals surface area contributed by atoms with E-state index in [0.29, 0.717) is 5.82 Å². The van der Waals surface area contributed by atoms with Gasteiger partial charge in [0, 0.05) is 19.7 Å². The zero-order valence-electron chi connectivity index (χ0n) is 15.6. The molecule has 0 radical (unpaired) electrons. The molecule has 0 spiro atoms. The quantitative estimate of drug-likeness (QED) is 0.585. The van der Waals surface area contributed by atoms with Crippen LogP contribution in [0.15, 0.2) is 57.9 Å². The summed E-state index contributed by atoms with van der Waals surface area (Å²) < 4.78 is 35.7. The highest BCUT2D eigenvalue weighted by Crippen LogP contribution is 2.18. The number of esters is 1. The molecule has 0 aliphatic heterocycles. The van der Waals surface area contributed by atoms with Crippen LogP contribution in [-0.4, -0.2) is 42.9 Å². The first-order valence-electron chi connectivity index (χ1n) is 8.37. The van der Waals surface area contributed by atoms with Crippen LogP contribution in [0.3, 0.4) is 0 Å². The summed E-state index contributed by atoms with van der Waals surface area (Å²) in [6.45, 7) is 1.76. The van der Waals surface area contributed by atoms with Crippen LogP contribution >= 0.6 is 0 Å². The molecule has 0 amide bonds. The Hall–Kier alpha value is -3.04. The van der Waals surface area contributed by atoms with Crippen molar-refractivity contribution in [1.82, 2.24) is 14.4 Å². The Morgan fingerprint density at radius 1 is 1.14 bits per heavy atom. The number of hydrogen-bond donors (Lipinski definition) is 0. The largest absolute Gasteiger partial charge is 0.452 e. The third-order valence-corrected chi connectivity index (χ3v) is 5.76. The summed E-state index contributed by atoms with van der Waals surface area (Å²) in [6.07, 6.45) is 0. The molecule has 28 heavy (non-hydrogen) atoms. The number of aromatic nitrogens is 2. The number of benzene rings is 2. The third kappa shape index (κ3) is 4.26. The molecule has 0 atom stereocenters. The van der Waals surface area contributed by atoms with Gasteiger partial charge in [0.05, 0.1) is 10.5 Å². The van der Waals surface area contributed by atoms with E-state index < -0.39 is 16.0 Å². The number of carbonyl (C=O) groups is 1. The average molecular weight is 401 g/mol. The molecule has 0 saturated heterocycles. The molecular formula is C19H19N3O5S. The Kier molecular flexibility index (Phi) is 5.57. The predicted octanol–water partition coefficient (Wildman–Crippen LogP) is 2.65. The van der Waals surface area contributed by atoms with Gasteiger partial charge in [-0.05, 0) is 25.1 Å². The van der Waals surface area contributed by atoms with E-state index in [0.717, 1.165) is 15.4 Å². The van der Waals surface area contributed by atoms with Crippen LogP contribution in [0.2, 0.25) is 0 Å². The molecule has 0 bridgehead atoms. The van der Waals surface area contributed by atoms with Gasteiger partial charge in [0.25, 0.3) is 5.89 Å². The lowest BCUT2D eigenvalue weighted by atomic mass is 10.1. The molecule has 8 nitrogen and oxygen atoms in total. The van der Waals surface area contributed by atoms with E-state index in [1.165, 1.54) is 38.4 Å². The maximum absolute atomic E-state index is 12.3. The van der Waals surface area contributed by atoms with Gasteiger partial charge in [0.2, 0.25) is 15.8 Å². The molecule has 3 aromatic rings. The number of sulfonamides is 1. The van der Waals surface area contributed by atoms with E-state index in [2.05, 4.69) is 10.1 Å². The second kappa shape index (κ2) is 7.91. The van der Waals surface area contributed by atoms with Crippen LogP contribution in [0.1, 0.15) is 21.8 Å². The van der Waals surface area contributed by atoms with E-state index >= 15 is 0 Å². The summed E-state index contributed by atoms with van der Waals surface area (Å²) in [5, 5.41) is 3.87. The summed E-state index contributed by atoms with van der Waals surface area (Å²) in [7, 11) is -0.809. The summed E-state index contributed by atoms with van der Waals surface area (Å²) >= 11 is 0. The van der Waals surface area contributed by atoms with Crippen molar-refractivity contribution in [2.75, 3.05) is 14.1 Å². The average Bonchev–Trinajstić information content (AvgIpc) is 3.15. The van der Waals surface area contributed by atoms with E-state index in [9.17, 15) is 13.2 Å². The maximum Gasteiger partial charge on any atom is 0.338 e. The number of ether oxygens (including phenoxy) is 1. The second-order valence-electron chi connectivity index (χ2n) is 6.27. The molecule has 0 saturated carbocycles. The fourth-order valence-corrected chi connectivity index (χ4v) is 3.29. The normalized spacial score (nSPS) is 11.6. The molecule has 0 N–H and O–H groups in total. The lowest BCUT2D eigenvalue weighted by molar-refractivity contribution is 0.0429. The zero-order valence-corrected chi connectivity index (χ0v) is 16.4. The summed E-state index contributed by atoms with van der Waals surface area (Å²) in [6, 6.07) is 13.2. The van der Waals surface area contributed by atoms with E-state index in [1.54, 1.807) is 0 Å². The topological polar surface area (TPSA) is 103 Å². The van der Waals surface area contributed by atoms with Crippen molar-refractivity contribution < 1.29 is 22.5 Å². The Labute approximate surface area is 162 Å².